The van der Waals surface area contributed by atoms with Crippen LogP contribution in [0.5, 0.6) is 0 Å². The lowest BCUT2D eigenvalue weighted by atomic mass is 10.1. The van der Waals surface area contributed by atoms with Gasteiger partial charge in [0.05, 0.1) is 17.8 Å². The van der Waals surface area contributed by atoms with Crippen LogP contribution in [-0.4, -0.2) is 22.5 Å². The summed E-state index contributed by atoms with van der Waals surface area (Å²) in [5.41, 5.74) is 4.59. The Bertz CT molecular complexity index is 974. The number of nitrogens with one attached hydrogen (secondary N) is 1. The van der Waals surface area contributed by atoms with Crippen LogP contribution in [0.25, 0.3) is 16.8 Å². The summed E-state index contributed by atoms with van der Waals surface area (Å²) < 4.78 is 0. The van der Waals surface area contributed by atoms with Crippen LogP contribution >= 0.6 is 11.3 Å². The van der Waals surface area contributed by atoms with Crippen molar-refractivity contribution in [3.63, 3.8) is 0 Å². The third-order valence-electron chi connectivity index (χ3n) is 4.55. The lowest BCUT2D eigenvalue weighted by Crippen LogP contribution is -2.25. The zero-order valence-corrected chi connectivity index (χ0v) is 15.3. The lowest BCUT2D eigenvalue weighted by molar-refractivity contribution is 0.411. The van der Waals surface area contributed by atoms with Gasteiger partial charge in [-0.1, -0.05) is 49.4 Å². The zero-order valence-electron chi connectivity index (χ0n) is 14.4. The number of aromatic nitrogens is 1. The predicted molar refractivity (Wildman–Crippen MR) is 108 cm³/mol. The first kappa shape index (κ1) is 16.5. The molecule has 26 heavy (non-hydrogen) atoms. The largest absolute Gasteiger partial charge is 0.510 e. The second-order valence-corrected chi connectivity index (χ2v) is 7.04. The predicted octanol–water partition coefficient (Wildman–Crippen LogP) is 5.14. The van der Waals surface area contributed by atoms with Gasteiger partial charge in [-0.05, 0) is 24.1 Å². The van der Waals surface area contributed by atoms with Crippen LogP contribution < -0.4 is 4.90 Å². The summed E-state index contributed by atoms with van der Waals surface area (Å²) in [6, 6.07) is 18.1. The minimum absolute atomic E-state index is 0.198. The van der Waals surface area contributed by atoms with Crippen LogP contribution in [0.3, 0.4) is 0 Å². The molecule has 1 aliphatic heterocycles. The molecule has 0 saturated carbocycles. The Morgan fingerprint density at radius 2 is 1.85 bits per heavy atom. The van der Waals surface area contributed by atoms with E-state index in [4.69, 9.17) is 5.41 Å². The van der Waals surface area contributed by atoms with Crippen LogP contribution in [0.4, 0.5) is 5.69 Å². The molecule has 2 heterocycles. The molecule has 2 aromatic carbocycles. The molecule has 0 amide bonds. The van der Waals surface area contributed by atoms with Crippen LogP contribution in [0.15, 0.2) is 65.7 Å². The Hall–Kier alpha value is -2.92. The van der Waals surface area contributed by atoms with Crippen molar-refractivity contribution in [1.82, 2.24) is 4.98 Å². The van der Waals surface area contributed by atoms with E-state index in [1.807, 2.05) is 52.7 Å². The maximum atomic E-state index is 10.5. The molecule has 130 valence electrons. The van der Waals surface area contributed by atoms with E-state index in [0.717, 1.165) is 23.4 Å². The maximum Gasteiger partial charge on any atom is 0.139 e. The highest BCUT2D eigenvalue weighted by Crippen LogP contribution is 2.34. The van der Waals surface area contributed by atoms with Gasteiger partial charge >= 0.3 is 0 Å². The number of aryl methyl sites for hydroxylation is 1. The Labute approximate surface area is 156 Å². The number of rotatable bonds is 4. The van der Waals surface area contributed by atoms with Crippen molar-refractivity contribution in [2.24, 2.45) is 0 Å². The molecule has 0 bridgehead atoms. The molecule has 1 aliphatic rings. The summed E-state index contributed by atoms with van der Waals surface area (Å²) in [4.78, 5) is 6.47. The van der Waals surface area contributed by atoms with Gasteiger partial charge < -0.3 is 10.0 Å². The molecule has 0 atom stereocenters. The van der Waals surface area contributed by atoms with Gasteiger partial charge in [0.25, 0.3) is 0 Å². The van der Waals surface area contributed by atoms with Gasteiger partial charge in [0, 0.05) is 16.6 Å². The molecular formula is C21H19N3OS. The molecule has 0 unspecified atom stereocenters. The number of nitrogens with zero attached hydrogens (tertiary/aromatic N) is 2. The first-order valence-electron chi connectivity index (χ1n) is 8.56. The van der Waals surface area contributed by atoms with E-state index >= 15 is 0 Å². The van der Waals surface area contributed by atoms with E-state index in [-0.39, 0.29) is 5.76 Å². The number of benzene rings is 2. The van der Waals surface area contributed by atoms with Crippen LogP contribution in [-0.2, 0) is 6.42 Å². The Morgan fingerprint density at radius 3 is 2.54 bits per heavy atom. The number of aliphatic hydroxyl groups is 1. The van der Waals surface area contributed by atoms with E-state index in [1.165, 1.54) is 16.9 Å². The fraction of sp³-hybridized carbons (Fsp3) is 0.143. The first-order chi connectivity index (χ1) is 12.7. The average Bonchev–Trinajstić information content (AvgIpc) is 3.27. The highest BCUT2D eigenvalue weighted by atomic mass is 32.1. The van der Waals surface area contributed by atoms with Gasteiger partial charge in [0.1, 0.15) is 16.6 Å². The summed E-state index contributed by atoms with van der Waals surface area (Å²) in [5.74, 6) is 0.490. The molecule has 0 aliphatic carbocycles. The Kier molecular flexibility index (Phi) is 4.31. The molecule has 4 rings (SSSR count). The molecule has 1 aromatic heterocycles. The van der Waals surface area contributed by atoms with Gasteiger partial charge in [-0.2, -0.15) is 0 Å². The smallest absolute Gasteiger partial charge is 0.139 e. The van der Waals surface area contributed by atoms with E-state index in [1.54, 1.807) is 0 Å². The summed E-state index contributed by atoms with van der Waals surface area (Å²) >= 11 is 1.46. The number of anilines is 1. The molecule has 2 N–H and O–H groups in total. The van der Waals surface area contributed by atoms with Crippen LogP contribution in [0.1, 0.15) is 17.5 Å². The second-order valence-electron chi connectivity index (χ2n) is 6.18. The van der Waals surface area contributed by atoms with Crippen molar-refractivity contribution >= 4 is 28.4 Å². The van der Waals surface area contributed by atoms with Crippen LogP contribution in [0.2, 0.25) is 0 Å². The van der Waals surface area contributed by atoms with Gasteiger partial charge in [-0.15, -0.1) is 11.3 Å². The molecule has 0 fully saturated rings. The topological polar surface area (TPSA) is 60.2 Å². The summed E-state index contributed by atoms with van der Waals surface area (Å²) in [6.07, 6.45) is 0.980. The summed E-state index contributed by atoms with van der Waals surface area (Å²) in [6.45, 7) is 2.42. The second kappa shape index (κ2) is 6.77. The third kappa shape index (κ3) is 2.91. The van der Waals surface area contributed by atoms with Crippen molar-refractivity contribution in [3.05, 3.63) is 76.3 Å². The zero-order chi connectivity index (χ0) is 18.1. The highest BCUT2D eigenvalue weighted by molar-refractivity contribution is 7.11. The van der Waals surface area contributed by atoms with E-state index in [2.05, 4.69) is 24.0 Å². The van der Waals surface area contributed by atoms with E-state index in [0.29, 0.717) is 23.0 Å². The van der Waals surface area contributed by atoms with E-state index in [9.17, 15) is 5.11 Å². The number of hydrogen-bond acceptors (Lipinski definition) is 4. The van der Waals surface area contributed by atoms with Gasteiger partial charge in [-0.3, -0.25) is 5.41 Å². The van der Waals surface area contributed by atoms with Crippen LogP contribution in [0, 0.1) is 5.41 Å². The normalized spacial score (nSPS) is 14.3. The molecule has 0 saturated heterocycles. The van der Waals surface area contributed by atoms with Crippen molar-refractivity contribution < 1.29 is 5.11 Å². The lowest BCUT2D eigenvalue weighted by Gasteiger charge is -2.18. The first-order valence-corrected chi connectivity index (χ1v) is 9.44. The fourth-order valence-corrected chi connectivity index (χ4v) is 3.96. The van der Waals surface area contributed by atoms with Crippen molar-refractivity contribution in [2.45, 2.75) is 13.3 Å². The molecule has 3 aromatic rings. The Balaban J connectivity index is 1.62. The van der Waals surface area contributed by atoms with Crippen molar-refractivity contribution in [2.75, 3.05) is 11.4 Å². The highest BCUT2D eigenvalue weighted by Gasteiger charge is 2.31. The molecule has 0 spiro atoms. The maximum absolute atomic E-state index is 10.5. The van der Waals surface area contributed by atoms with Crippen molar-refractivity contribution in [3.8, 4) is 11.3 Å². The average molecular weight is 361 g/mol. The van der Waals surface area contributed by atoms with Crippen molar-refractivity contribution in [1.29, 1.82) is 5.41 Å². The summed E-state index contributed by atoms with van der Waals surface area (Å²) in [5, 5.41) is 21.7. The summed E-state index contributed by atoms with van der Waals surface area (Å²) in [7, 11) is 0. The monoisotopic (exact) mass is 361 g/mol. The number of hydrogen-bond donors (Lipinski definition) is 2. The standard InChI is InChI=1S/C21H19N3OS/c1-2-14-8-10-16(11-9-14)24-12-18(25)19(20(24)22)21-23-17(13-26-21)15-6-4-3-5-7-15/h3-11,13,22,25H,2,12H2,1H3. The number of thiazole rings is 1. The number of amidine groups is 1. The van der Waals surface area contributed by atoms with Gasteiger partial charge in [-0.25, -0.2) is 4.98 Å². The SMILES string of the molecule is CCc1ccc(N2CC(O)=C(c3nc(-c4ccccc4)cs3)C2=N)cc1. The minimum atomic E-state index is 0.198. The van der Waals surface area contributed by atoms with Gasteiger partial charge in [0.15, 0.2) is 0 Å². The third-order valence-corrected chi connectivity index (χ3v) is 5.41. The molecule has 4 nitrogen and oxygen atoms in total. The fourth-order valence-electron chi connectivity index (χ4n) is 3.07. The Morgan fingerprint density at radius 1 is 1.12 bits per heavy atom. The minimum Gasteiger partial charge on any atom is -0.510 e. The number of aliphatic hydroxyl groups excluding tert-OH is 1. The van der Waals surface area contributed by atoms with E-state index < -0.39 is 0 Å². The molecule has 0 radical (unpaired) electrons. The molecular weight excluding hydrogens is 342 g/mol. The van der Waals surface area contributed by atoms with Gasteiger partial charge in [0.2, 0.25) is 0 Å². The quantitative estimate of drug-likeness (QED) is 0.676. The molecule has 5 heteroatoms.